The highest BCUT2D eigenvalue weighted by atomic mass is 19.4. The minimum Gasteiger partial charge on any atom is -0.478 e. The van der Waals surface area contributed by atoms with E-state index in [1.165, 1.54) is 18.2 Å². The Hall–Kier alpha value is -3.03. The van der Waals surface area contributed by atoms with Gasteiger partial charge in [-0.05, 0) is 66.5 Å². The number of alkyl halides is 3. The monoisotopic (exact) mass is 460 g/mol. The van der Waals surface area contributed by atoms with E-state index in [0.717, 1.165) is 24.8 Å². The molecule has 0 bridgehead atoms. The number of benzene rings is 2. The molecule has 2 atom stereocenters. The third-order valence-corrected chi connectivity index (χ3v) is 6.23. The van der Waals surface area contributed by atoms with E-state index in [2.05, 4.69) is 30.1 Å². The second kappa shape index (κ2) is 8.39. The Kier molecular flexibility index (Phi) is 5.88. The lowest BCUT2D eigenvalue weighted by molar-refractivity contribution is -0.274. The second-order valence-electron chi connectivity index (χ2n) is 9.85. The lowest BCUT2D eigenvalue weighted by Gasteiger charge is -2.40. The average molecular weight is 460 g/mol. The van der Waals surface area contributed by atoms with Gasteiger partial charge in [-0.25, -0.2) is 9.78 Å². The molecule has 1 aliphatic carbocycles. The number of halogens is 3. The number of imidazole rings is 1. The highest BCUT2D eigenvalue weighted by molar-refractivity contribution is 5.92. The first-order valence-corrected chi connectivity index (χ1v) is 11.0. The number of fused-ring (bicyclic) bond motifs is 1. The van der Waals surface area contributed by atoms with E-state index in [4.69, 9.17) is 4.98 Å². The van der Waals surface area contributed by atoms with Crippen LogP contribution in [-0.2, 0) is 6.42 Å². The Labute approximate surface area is 190 Å². The van der Waals surface area contributed by atoms with Crippen molar-refractivity contribution in [2.24, 2.45) is 11.3 Å². The van der Waals surface area contributed by atoms with E-state index in [-0.39, 0.29) is 22.8 Å². The Bertz CT molecular complexity index is 1180. The maximum atomic E-state index is 12.7. The van der Waals surface area contributed by atoms with Crippen molar-refractivity contribution >= 4 is 17.0 Å². The Morgan fingerprint density at radius 2 is 1.97 bits per heavy atom. The number of carbonyl (C=O) groups is 1. The first kappa shape index (κ1) is 23.1. The van der Waals surface area contributed by atoms with Crippen molar-refractivity contribution in [3.05, 3.63) is 59.4 Å². The zero-order chi connectivity index (χ0) is 24.0. The van der Waals surface area contributed by atoms with E-state index in [9.17, 15) is 23.1 Å². The molecule has 176 valence electrons. The summed E-state index contributed by atoms with van der Waals surface area (Å²) in [5, 5.41) is 9.39. The summed E-state index contributed by atoms with van der Waals surface area (Å²) in [5.74, 6) is -0.0990. The van der Waals surface area contributed by atoms with E-state index in [0.29, 0.717) is 29.2 Å². The molecule has 0 spiro atoms. The summed E-state index contributed by atoms with van der Waals surface area (Å²) in [6.07, 6.45) is -1.45. The summed E-state index contributed by atoms with van der Waals surface area (Å²) >= 11 is 0. The fourth-order valence-electron chi connectivity index (χ4n) is 5.34. The fraction of sp³-hybridized carbons (Fsp3) is 0.440. The Morgan fingerprint density at radius 1 is 1.21 bits per heavy atom. The van der Waals surface area contributed by atoms with Gasteiger partial charge in [0.15, 0.2) is 0 Å². The van der Waals surface area contributed by atoms with Gasteiger partial charge in [-0.3, -0.25) is 0 Å². The number of hydrogen-bond acceptors (Lipinski definition) is 3. The minimum atomic E-state index is -4.76. The molecule has 0 aliphatic heterocycles. The quantitative estimate of drug-likeness (QED) is 0.465. The van der Waals surface area contributed by atoms with Crippen molar-refractivity contribution in [3.63, 3.8) is 0 Å². The van der Waals surface area contributed by atoms with Crippen LogP contribution in [0.1, 0.15) is 67.8 Å². The van der Waals surface area contributed by atoms with Gasteiger partial charge < -0.3 is 14.4 Å². The summed E-state index contributed by atoms with van der Waals surface area (Å²) in [7, 11) is 0. The van der Waals surface area contributed by atoms with Crippen molar-refractivity contribution in [2.75, 3.05) is 0 Å². The van der Waals surface area contributed by atoms with E-state index in [1.807, 2.05) is 0 Å². The second-order valence-corrected chi connectivity index (χ2v) is 9.85. The van der Waals surface area contributed by atoms with Gasteiger partial charge in [0.1, 0.15) is 11.6 Å². The minimum absolute atomic E-state index is 0.137. The molecular weight excluding hydrogens is 433 g/mol. The molecular formula is C25H27F3N2O3. The van der Waals surface area contributed by atoms with Crippen LogP contribution < -0.4 is 4.74 Å². The van der Waals surface area contributed by atoms with Crippen LogP contribution in [0.4, 0.5) is 13.2 Å². The number of aromatic nitrogens is 2. The summed E-state index contributed by atoms with van der Waals surface area (Å²) in [6, 6.07) is 11.0. The van der Waals surface area contributed by atoms with Crippen LogP contribution in [0.25, 0.3) is 11.0 Å². The molecule has 1 fully saturated rings. The van der Waals surface area contributed by atoms with Crippen molar-refractivity contribution in [1.29, 1.82) is 0 Å². The third-order valence-electron chi connectivity index (χ3n) is 6.23. The van der Waals surface area contributed by atoms with Crippen LogP contribution in [0, 0.1) is 11.3 Å². The normalized spacial score (nSPS) is 20.7. The summed E-state index contributed by atoms with van der Waals surface area (Å²) in [5.41, 5.74) is 2.33. The smallest absolute Gasteiger partial charge is 0.478 e. The highest BCUT2D eigenvalue weighted by Crippen LogP contribution is 2.45. The first-order chi connectivity index (χ1) is 15.4. The van der Waals surface area contributed by atoms with Crippen LogP contribution in [0.15, 0.2) is 42.5 Å². The molecule has 3 aromatic rings. The molecule has 2 aromatic carbocycles. The predicted octanol–water partition coefficient (Wildman–Crippen LogP) is 6.61. The summed E-state index contributed by atoms with van der Waals surface area (Å²) in [4.78, 5) is 16.2. The standard InChI is InChI=1S/C25H27F3N2O3/c1-15-9-18(14-24(2,3)13-15)30-21-8-7-17(23(31)32)12-20(21)29-22(30)11-16-5-4-6-19(10-16)33-25(26,27)28/h4-8,10,12,15,18H,9,11,13-14H2,1-3H3,(H,31,32). The molecule has 1 N–H and O–H groups in total. The molecule has 8 heteroatoms. The molecule has 33 heavy (non-hydrogen) atoms. The molecule has 2 unspecified atom stereocenters. The number of nitrogens with zero attached hydrogens (tertiary/aromatic N) is 2. The predicted molar refractivity (Wildman–Crippen MR) is 118 cm³/mol. The fourth-order valence-corrected chi connectivity index (χ4v) is 5.34. The number of aromatic carboxylic acids is 1. The molecule has 0 radical (unpaired) electrons. The summed E-state index contributed by atoms with van der Waals surface area (Å²) in [6.45, 7) is 6.72. The topological polar surface area (TPSA) is 64.4 Å². The van der Waals surface area contributed by atoms with Gasteiger partial charge in [0.05, 0.1) is 16.6 Å². The van der Waals surface area contributed by atoms with Gasteiger partial charge in [-0.2, -0.15) is 0 Å². The van der Waals surface area contributed by atoms with Crippen molar-refractivity contribution in [1.82, 2.24) is 9.55 Å². The molecule has 1 aromatic heterocycles. The van der Waals surface area contributed by atoms with Crippen LogP contribution >= 0.6 is 0 Å². The van der Waals surface area contributed by atoms with Crippen LogP contribution in [0.2, 0.25) is 0 Å². The molecule has 1 heterocycles. The zero-order valence-corrected chi connectivity index (χ0v) is 18.8. The van der Waals surface area contributed by atoms with Crippen molar-refractivity contribution < 1.29 is 27.8 Å². The maximum Gasteiger partial charge on any atom is 0.573 e. The van der Waals surface area contributed by atoms with Gasteiger partial charge in [-0.15, -0.1) is 13.2 Å². The molecule has 1 saturated carbocycles. The third kappa shape index (κ3) is 5.31. The average Bonchev–Trinajstić information content (AvgIpc) is 3.02. The number of carboxylic acid groups (broad SMARTS) is 1. The molecule has 0 saturated heterocycles. The molecule has 5 nitrogen and oxygen atoms in total. The Balaban J connectivity index is 1.78. The van der Waals surface area contributed by atoms with Gasteiger partial charge >= 0.3 is 12.3 Å². The van der Waals surface area contributed by atoms with Gasteiger partial charge in [0.25, 0.3) is 0 Å². The number of rotatable bonds is 5. The molecule has 1 aliphatic rings. The lowest BCUT2D eigenvalue weighted by atomic mass is 9.70. The van der Waals surface area contributed by atoms with E-state index >= 15 is 0 Å². The van der Waals surface area contributed by atoms with Crippen LogP contribution in [0.3, 0.4) is 0 Å². The van der Waals surface area contributed by atoms with Gasteiger partial charge in [-0.1, -0.05) is 32.9 Å². The number of ether oxygens (including phenoxy) is 1. The Morgan fingerprint density at radius 3 is 2.64 bits per heavy atom. The van der Waals surface area contributed by atoms with Crippen LogP contribution in [-0.4, -0.2) is 27.0 Å². The van der Waals surface area contributed by atoms with Gasteiger partial charge in [0, 0.05) is 12.5 Å². The van der Waals surface area contributed by atoms with Crippen LogP contribution in [0.5, 0.6) is 5.75 Å². The highest BCUT2D eigenvalue weighted by Gasteiger charge is 2.35. The van der Waals surface area contributed by atoms with E-state index < -0.39 is 12.3 Å². The van der Waals surface area contributed by atoms with Crippen molar-refractivity contribution in [2.45, 2.75) is 58.9 Å². The van der Waals surface area contributed by atoms with E-state index in [1.54, 1.807) is 24.3 Å². The molecule has 0 amide bonds. The largest absolute Gasteiger partial charge is 0.573 e. The zero-order valence-electron chi connectivity index (χ0n) is 18.8. The van der Waals surface area contributed by atoms with Gasteiger partial charge in [0.2, 0.25) is 0 Å². The number of hydrogen-bond donors (Lipinski definition) is 1. The first-order valence-electron chi connectivity index (χ1n) is 11.0. The van der Waals surface area contributed by atoms with Crippen molar-refractivity contribution in [3.8, 4) is 5.75 Å². The summed E-state index contributed by atoms with van der Waals surface area (Å²) < 4.78 is 44.3. The maximum absolute atomic E-state index is 12.7. The SMILES string of the molecule is CC1CC(n2c(Cc3cccc(OC(F)(F)F)c3)nc3cc(C(=O)O)ccc32)CC(C)(C)C1. The lowest BCUT2D eigenvalue weighted by Crippen LogP contribution is -2.30. The number of carboxylic acids is 1. The molecule has 4 rings (SSSR count).